The van der Waals surface area contributed by atoms with Crippen molar-refractivity contribution in [3.63, 3.8) is 0 Å². The molecular weight excluding hydrogens is 333 g/mol. The second kappa shape index (κ2) is 7.57. The molecule has 0 bridgehead atoms. The van der Waals surface area contributed by atoms with Crippen LogP contribution in [0.2, 0.25) is 0 Å². The second-order valence-corrected chi connectivity index (χ2v) is 5.68. The highest BCUT2D eigenvalue weighted by Gasteiger charge is 2.15. The largest absolute Gasteiger partial charge is 0.380 e. The molecule has 0 saturated heterocycles. The molecule has 0 heterocycles. The Morgan fingerprint density at radius 3 is 2.62 bits per heavy atom. The van der Waals surface area contributed by atoms with Crippen molar-refractivity contribution >= 4 is 21.6 Å². The van der Waals surface area contributed by atoms with E-state index in [0.717, 1.165) is 22.1 Å². The van der Waals surface area contributed by atoms with Crippen LogP contribution < -0.4 is 5.32 Å². The molecule has 0 amide bonds. The number of rotatable bonds is 6. The van der Waals surface area contributed by atoms with E-state index in [-0.39, 0.29) is 11.9 Å². The fraction of sp³-hybridized carbons (Fsp3) is 0.294. The van der Waals surface area contributed by atoms with Crippen LogP contribution in [-0.2, 0) is 11.3 Å². The number of hydrogen-bond donors (Lipinski definition) is 1. The van der Waals surface area contributed by atoms with Crippen LogP contribution in [-0.4, -0.2) is 7.11 Å². The van der Waals surface area contributed by atoms with Gasteiger partial charge in [0.1, 0.15) is 5.82 Å². The van der Waals surface area contributed by atoms with Crippen molar-refractivity contribution in [1.29, 1.82) is 0 Å². The Morgan fingerprint density at radius 1 is 1.19 bits per heavy atom. The zero-order valence-electron chi connectivity index (χ0n) is 12.2. The molecular formula is C17H19BrFNO. The molecule has 21 heavy (non-hydrogen) atoms. The maximum atomic E-state index is 14.0. The Kier molecular flexibility index (Phi) is 5.76. The Morgan fingerprint density at radius 2 is 1.95 bits per heavy atom. The minimum atomic E-state index is -0.180. The summed E-state index contributed by atoms with van der Waals surface area (Å²) in [6.45, 7) is 2.54. The third kappa shape index (κ3) is 3.83. The summed E-state index contributed by atoms with van der Waals surface area (Å²) in [5, 5.41) is 3.43. The molecule has 2 aromatic carbocycles. The zero-order valence-corrected chi connectivity index (χ0v) is 13.8. The van der Waals surface area contributed by atoms with Gasteiger partial charge in [-0.2, -0.15) is 0 Å². The Hall–Kier alpha value is -1.39. The second-order valence-electron chi connectivity index (χ2n) is 4.83. The lowest BCUT2D eigenvalue weighted by Crippen LogP contribution is -2.13. The van der Waals surface area contributed by atoms with Crippen molar-refractivity contribution in [2.75, 3.05) is 12.4 Å². The van der Waals surface area contributed by atoms with Crippen LogP contribution in [0.25, 0.3) is 0 Å². The number of anilines is 1. The van der Waals surface area contributed by atoms with E-state index in [1.807, 2.05) is 37.3 Å². The summed E-state index contributed by atoms with van der Waals surface area (Å²) in [4.78, 5) is 0. The summed E-state index contributed by atoms with van der Waals surface area (Å²) in [5.74, 6) is -0.180. The monoisotopic (exact) mass is 351 g/mol. The molecule has 0 saturated carbocycles. The maximum absolute atomic E-state index is 14.0. The van der Waals surface area contributed by atoms with Crippen molar-refractivity contribution in [2.45, 2.75) is 26.0 Å². The number of benzene rings is 2. The first-order valence-corrected chi connectivity index (χ1v) is 7.74. The molecule has 0 aliphatic rings. The molecule has 0 aromatic heterocycles. The number of methoxy groups -OCH3 is 1. The minimum absolute atomic E-state index is 0.0730. The van der Waals surface area contributed by atoms with Crippen molar-refractivity contribution in [1.82, 2.24) is 0 Å². The summed E-state index contributed by atoms with van der Waals surface area (Å²) in [6, 6.07) is 12.7. The summed E-state index contributed by atoms with van der Waals surface area (Å²) in [6.07, 6.45) is 0.792. The van der Waals surface area contributed by atoms with Crippen LogP contribution >= 0.6 is 15.9 Å². The number of nitrogens with one attached hydrogen (secondary N) is 1. The lowest BCUT2D eigenvalue weighted by Gasteiger charge is -2.22. The van der Waals surface area contributed by atoms with Gasteiger partial charge in [0.15, 0.2) is 0 Å². The first kappa shape index (κ1) is 16.0. The highest BCUT2D eigenvalue weighted by atomic mass is 79.9. The van der Waals surface area contributed by atoms with Gasteiger partial charge in [-0.1, -0.05) is 47.1 Å². The van der Waals surface area contributed by atoms with Crippen molar-refractivity contribution in [3.05, 3.63) is 63.9 Å². The number of hydrogen-bond acceptors (Lipinski definition) is 2. The lowest BCUT2D eigenvalue weighted by atomic mass is 10.0. The Bertz CT molecular complexity index is 603. The van der Waals surface area contributed by atoms with Gasteiger partial charge in [-0.15, -0.1) is 0 Å². The molecule has 1 unspecified atom stereocenters. The third-order valence-electron chi connectivity index (χ3n) is 3.43. The normalized spacial score (nSPS) is 12.2. The summed E-state index contributed by atoms with van der Waals surface area (Å²) in [7, 11) is 1.66. The van der Waals surface area contributed by atoms with E-state index in [9.17, 15) is 4.39 Å². The standard InChI is InChI=1S/C17H19BrFNO/c1-3-16(12-7-4-5-9-15(12)19)20-17-10-6-8-14(18)13(17)11-21-2/h4-10,16,20H,3,11H2,1-2H3. The zero-order chi connectivity index (χ0) is 15.2. The summed E-state index contributed by atoms with van der Waals surface area (Å²) < 4.78 is 20.2. The molecule has 4 heteroatoms. The van der Waals surface area contributed by atoms with Gasteiger partial charge in [-0.25, -0.2) is 4.39 Å². The number of ether oxygens (including phenoxy) is 1. The van der Waals surface area contributed by atoms with Crippen LogP contribution in [0.15, 0.2) is 46.9 Å². The van der Waals surface area contributed by atoms with Crippen LogP contribution in [0.5, 0.6) is 0 Å². The van der Waals surface area contributed by atoms with Crippen LogP contribution in [0.4, 0.5) is 10.1 Å². The van der Waals surface area contributed by atoms with E-state index in [1.54, 1.807) is 13.2 Å². The van der Waals surface area contributed by atoms with Crippen molar-refractivity contribution in [3.8, 4) is 0 Å². The van der Waals surface area contributed by atoms with Crippen molar-refractivity contribution < 1.29 is 9.13 Å². The van der Waals surface area contributed by atoms with Gasteiger partial charge in [0.2, 0.25) is 0 Å². The highest BCUT2D eigenvalue weighted by Crippen LogP contribution is 2.30. The van der Waals surface area contributed by atoms with E-state index in [1.165, 1.54) is 6.07 Å². The topological polar surface area (TPSA) is 21.3 Å². The van der Waals surface area contributed by atoms with Gasteiger partial charge in [-0.3, -0.25) is 0 Å². The van der Waals surface area contributed by atoms with E-state index in [4.69, 9.17) is 4.74 Å². The molecule has 1 atom stereocenters. The highest BCUT2D eigenvalue weighted by molar-refractivity contribution is 9.10. The van der Waals surface area contributed by atoms with Crippen LogP contribution in [0.3, 0.4) is 0 Å². The van der Waals surface area contributed by atoms with E-state index < -0.39 is 0 Å². The molecule has 1 N–H and O–H groups in total. The smallest absolute Gasteiger partial charge is 0.128 e. The fourth-order valence-corrected chi connectivity index (χ4v) is 2.81. The molecule has 0 radical (unpaired) electrons. The average molecular weight is 352 g/mol. The van der Waals surface area contributed by atoms with Gasteiger partial charge in [0.25, 0.3) is 0 Å². The predicted octanol–water partition coefficient (Wildman–Crippen LogP) is 5.30. The van der Waals surface area contributed by atoms with Gasteiger partial charge >= 0.3 is 0 Å². The lowest BCUT2D eigenvalue weighted by molar-refractivity contribution is 0.185. The van der Waals surface area contributed by atoms with Crippen LogP contribution in [0, 0.1) is 5.82 Å². The maximum Gasteiger partial charge on any atom is 0.128 e. The molecule has 112 valence electrons. The third-order valence-corrected chi connectivity index (χ3v) is 4.17. The van der Waals surface area contributed by atoms with E-state index >= 15 is 0 Å². The number of halogens is 2. The summed E-state index contributed by atoms with van der Waals surface area (Å²) >= 11 is 3.54. The van der Waals surface area contributed by atoms with E-state index in [0.29, 0.717) is 12.2 Å². The van der Waals surface area contributed by atoms with Gasteiger partial charge in [0.05, 0.1) is 12.6 Å². The molecule has 0 aliphatic heterocycles. The Balaban J connectivity index is 2.31. The minimum Gasteiger partial charge on any atom is -0.380 e. The quantitative estimate of drug-likeness (QED) is 0.762. The molecule has 0 aliphatic carbocycles. The van der Waals surface area contributed by atoms with Gasteiger partial charge < -0.3 is 10.1 Å². The molecule has 0 spiro atoms. The SMILES string of the molecule is CCC(Nc1cccc(Br)c1COC)c1ccccc1F. The average Bonchev–Trinajstić information content (AvgIpc) is 2.49. The molecule has 2 rings (SSSR count). The fourth-order valence-electron chi connectivity index (χ4n) is 2.33. The molecule has 2 nitrogen and oxygen atoms in total. The molecule has 0 fully saturated rings. The molecule has 2 aromatic rings. The van der Waals surface area contributed by atoms with E-state index in [2.05, 4.69) is 21.2 Å². The van der Waals surface area contributed by atoms with Crippen molar-refractivity contribution in [2.24, 2.45) is 0 Å². The Labute approximate surface area is 133 Å². The predicted molar refractivity (Wildman–Crippen MR) is 87.9 cm³/mol. The first-order chi connectivity index (χ1) is 10.2. The van der Waals surface area contributed by atoms with Crippen LogP contribution in [0.1, 0.15) is 30.5 Å². The first-order valence-electron chi connectivity index (χ1n) is 6.94. The van der Waals surface area contributed by atoms with Gasteiger partial charge in [-0.05, 0) is 24.6 Å². The van der Waals surface area contributed by atoms with Gasteiger partial charge in [0, 0.05) is 28.4 Å². The summed E-state index contributed by atoms with van der Waals surface area (Å²) in [5.41, 5.74) is 2.68.